The maximum Gasteiger partial charge on any atom is 0.323 e. The molecule has 4 N–H and O–H groups in total. The lowest BCUT2D eigenvalue weighted by Crippen LogP contribution is -2.02. The quantitative estimate of drug-likeness (QED) is 0.721. The molecule has 1 aromatic carbocycles. The Hall–Kier alpha value is -1.81. The monoisotopic (exact) mass is 217 g/mol. The van der Waals surface area contributed by atoms with Crippen LogP contribution < -0.4 is 11.4 Å². The number of aryl methyl sites for hydroxylation is 1. The van der Waals surface area contributed by atoms with E-state index >= 15 is 0 Å². The van der Waals surface area contributed by atoms with Crippen LogP contribution in [0.15, 0.2) is 35.3 Å². The van der Waals surface area contributed by atoms with Crippen LogP contribution >= 0.6 is 0 Å². The lowest BCUT2D eigenvalue weighted by molar-refractivity contribution is 0.833. The van der Waals surface area contributed by atoms with E-state index in [1.165, 1.54) is 5.56 Å². The lowest BCUT2D eigenvalue weighted by Gasteiger charge is -2.06. The Morgan fingerprint density at radius 3 is 2.75 bits per heavy atom. The van der Waals surface area contributed by atoms with Gasteiger partial charge in [-0.05, 0) is 24.9 Å². The highest BCUT2D eigenvalue weighted by Crippen LogP contribution is 2.21. The molecule has 0 radical (unpaired) electrons. The largest absolute Gasteiger partial charge is 0.330 e. The molecule has 0 unspecified atom stereocenters. The Balaban J connectivity index is 2.36. The maximum atomic E-state index is 11.1. The molecule has 0 bridgehead atoms. The molecule has 84 valence electrons. The number of aromatic nitrogens is 2. The van der Waals surface area contributed by atoms with Crippen LogP contribution in [-0.4, -0.2) is 16.5 Å². The molecular weight excluding hydrogens is 202 g/mol. The smallest absolute Gasteiger partial charge is 0.323 e. The van der Waals surface area contributed by atoms with Crippen molar-refractivity contribution in [2.24, 2.45) is 5.73 Å². The van der Waals surface area contributed by atoms with Crippen molar-refractivity contribution in [3.05, 3.63) is 46.5 Å². The van der Waals surface area contributed by atoms with E-state index in [0.717, 1.165) is 24.1 Å². The first-order valence-electron chi connectivity index (χ1n) is 5.37. The molecule has 2 aromatic rings. The Morgan fingerprint density at radius 1 is 1.25 bits per heavy atom. The zero-order chi connectivity index (χ0) is 11.4. The number of imidazole rings is 1. The number of H-pyrrole nitrogens is 2. The Bertz CT molecular complexity index is 513. The molecule has 2 rings (SSSR count). The van der Waals surface area contributed by atoms with Crippen molar-refractivity contribution in [1.82, 2.24) is 9.97 Å². The SMILES string of the molecule is NCCCc1ccccc1-c1c[nH]c(=O)[nH]1. The second kappa shape index (κ2) is 4.81. The summed E-state index contributed by atoms with van der Waals surface area (Å²) in [5.74, 6) is 0. The van der Waals surface area contributed by atoms with Gasteiger partial charge in [-0.1, -0.05) is 24.3 Å². The minimum absolute atomic E-state index is 0.177. The number of benzene rings is 1. The summed E-state index contributed by atoms with van der Waals surface area (Å²) in [6.45, 7) is 0.679. The number of hydrogen-bond donors (Lipinski definition) is 3. The van der Waals surface area contributed by atoms with Crippen molar-refractivity contribution in [3.8, 4) is 11.3 Å². The molecule has 0 amide bonds. The van der Waals surface area contributed by atoms with E-state index in [1.54, 1.807) is 6.20 Å². The highest BCUT2D eigenvalue weighted by molar-refractivity contribution is 5.62. The number of aromatic amines is 2. The van der Waals surface area contributed by atoms with Crippen LogP contribution in [0.2, 0.25) is 0 Å². The van der Waals surface area contributed by atoms with Gasteiger partial charge in [-0.2, -0.15) is 0 Å². The number of rotatable bonds is 4. The van der Waals surface area contributed by atoms with Gasteiger partial charge in [0.2, 0.25) is 0 Å². The summed E-state index contributed by atoms with van der Waals surface area (Å²) < 4.78 is 0. The van der Waals surface area contributed by atoms with E-state index in [1.807, 2.05) is 18.2 Å². The van der Waals surface area contributed by atoms with Crippen LogP contribution in [0.25, 0.3) is 11.3 Å². The van der Waals surface area contributed by atoms with E-state index in [0.29, 0.717) is 6.54 Å². The zero-order valence-corrected chi connectivity index (χ0v) is 8.99. The summed E-state index contributed by atoms with van der Waals surface area (Å²) in [6, 6.07) is 8.04. The molecule has 0 saturated carbocycles. The van der Waals surface area contributed by atoms with E-state index < -0.39 is 0 Å². The number of hydrogen-bond acceptors (Lipinski definition) is 2. The molecule has 0 aliphatic carbocycles. The first kappa shape index (κ1) is 10.7. The van der Waals surface area contributed by atoms with Crippen LogP contribution in [0.1, 0.15) is 12.0 Å². The fourth-order valence-electron chi connectivity index (χ4n) is 1.77. The minimum Gasteiger partial charge on any atom is -0.330 e. The van der Waals surface area contributed by atoms with Crippen molar-refractivity contribution in [2.45, 2.75) is 12.8 Å². The second-order valence-corrected chi connectivity index (χ2v) is 3.71. The van der Waals surface area contributed by atoms with Gasteiger partial charge in [-0.3, -0.25) is 0 Å². The number of nitrogens with one attached hydrogen (secondary N) is 2. The van der Waals surface area contributed by atoms with Gasteiger partial charge in [0.05, 0.1) is 5.69 Å². The van der Waals surface area contributed by atoms with Gasteiger partial charge < -0.3 is 15.7 Å². The van der Waals surface area contributed by atoms with E-state index in [9.17, 15) is 4.79 Å². The molecule has 16 heavy (non-hydrogen) atoms. The van der Waals surface area contributed by atoms with Gasteiger partial charge in [0.15, 0.2) is 0 Å². The van der Waals surface area contributed by atoms with Gasteiger partial charge in [0.1, 0.15) is 0 Å². The molecule has 0 spiro atoms. The first-order valence-corrected chi connectivity index (χ1v) is 5.37. The van der Waals surface area contributed by atoms with Crippen molar-refractivity contribution >= 4 is 0 Å². The fraction of sp³-hybridized carbons (Fsp3) is 0.250. The molecule has 0 fully saturated rings. The third-order valence-corrected chi connectivity index (χ3v) is 2.55. The summed E-state index contributed by atoms with van der Waals surface area (Å²) in [6.07, 6.45) is 3.58. The van der Waals surface area contributed by atoms with Gasteiger partial charge in [0, 0.05) is 11.8 Å². The molecular formula is C12H15N3O. The minimum atomic E-state index is -0.177. The molecule has 0 atom stereocenters. The van der Waals surface area contributed by atoms with Gasteiger partial charge in [-0.15, -0.1) is 0 Å². The van der Waals surface area contributed by atoms with Gasteiger partial charge in [0.25, 0.3) is 0 Å². The van der Waals surface area contributed by atoms with Crippen LogP contribution in [0.3, 0.4) is 0 Å². The van der Waals surface area contributed by atoms with Crippen LogP contribution in [0.5, 0.6) is 0 Å². The Morgan fingerprint density at radius 2 is 2.06 bits per heavy atom. The van der Waals surface area contributed by atoms with E-state index in [2.05, 4.69) is 16.0 Å². The molecule has 1 aromatic heterocycles. The summed E-state index contributed by atoms with van der Waals surface area (Å²) in [5, 5.41) is 0. The summed E-state index contributed by atoms with van der Waals surface area (Å²) in [4.78, 5) is 16.4. The topological polar surface area (TPSA) is 74.7 Å². The fourth-order valence-corrected chi connectivity index (χ4v) is 1.77. The molecule has 0 aliphatic heterocycles. The summed E-state index contributed by atoms with van der Waals surface area (Å²) in [5.41, 5.74) is 8.43. The molecule has 0 aliphatic rings. The van der Waals surface area contributed by atoms with Crippen molar-refractivity contribution < 1.29 is 0 Å². The molecule has 0 saturated heterocycles. The predicted octanol–water partition coefficient (Wildman–Crippen LogP) is 1.26. The van der Waals surface area contributed by atoms with Gasteiger partial charge in [-0.25, -0.2) is 4.79 Å². The summed E-state index contributed by atoms with van der Waals surface area (Å²) in [7, 11) is 0. The lowest BCUT2D eigenvalue weighted by atomic mass is 10.0. The normalized spacial score (nSPS) is 10.6. The van der Waals surface area contributed by atoms with Crippen molar-refractivity contribution in [1.29, 1.82) is 0 Å². The van der Waals surface area contributed by atoms with E-state index in [4.69, 9.17) is 5.73 Å². The third-order valence-electron chi connectivity index (χ3n) is 2.55. The third kappa shape index (κ3) is 2.23. The standard InChI is InChI=1S/C12H15N3O/c13-7-3-5-9-4-1-2-6-10(9)11-8-14-12(16)15-11/h1-2,4,6,8H,3,5,7,13H2,(H2,14,15,16). The average Bonchev–Trinajstić information content (AvgIpc) is 2.73. The second-order valence-electron chi connectivity index (χ2n) is 3.71. The zero-order valence-electron chi connectivity index (χ0n) is 8.99. The highest BCUT2D eigenvalue weighted by Gasteiger charge is 2.05. The average molecular weight is 217 g/mol. The molecule has 4 heteroatoms. The predicted molar refractivity (Wildman–Crippen MR) is 64.2 cm³/mol. The summed E-state index contributed by atoms with van der Waals surface area (Å²) >= 11 is 0. The number of nitrogens with two attached hydrogens (primary N) is 1. The maximum absolute atomic E-state index is 11.1. The van der Waals surface area contributed by atoms with Crippen LogP contribution in [0.4, 0.5) is 0 Å². The highest BCUT2D eigenvalue weighted by atomic mass is 16.1. The Kier molecular flexibility index (Phi) is 3.22. The van der Waals surface area contributed by atoms with Gasteiger partial charge >= 0.3 is 5.69 Å². The first-order chi connectivity index (χ1) is 7.81. The van der Waals surface area contributed by atoms with Crippen molar-refractivity contribution in [2.75, 3.05) is 6.54 Å². The molecule has 1 heterocycles. The van der Waals surface area contributed by atoms with Crippen molar-refractivity contribution in [3.63, 3.8) is 0 Å². The molecule has 4 nitrogen and oxygen atoms in total. The van der Waals surface area contributed by atoms with E-state index in [-0.39, 0.29) is 5.69 Å². The Labute approximate surface area is 93.5 Å². The van der Waals surface area contributed by atoms with Crippen LogP contribution in [0, 0.1) is 0 Å². The van der Waals surface area contributed by atoms with Crippen LogP contribution in [-0.2, 0) is 6.42 Å².